The normalized spacial score (nSPS) is 5.06. The van der Waals surface area contributed by atoms with Crippen LogP contribution >= 0.6 is 0 Å². The van der Waals surface area contributed by atoms with Crippen LogP contribution in [0.1, 0.15) is 0 Å². The second-order valence-corrected chi connectivity index (χ2v) is 0.866. The first-order valence-corrected chi connectivity index (χ1v) is 2.12. The molecule has 0 aliphatic carbocycles. The minimum absolute atomic E-state index is 0. The van der Waals surface area contributed by atoms with Crippen LogP contribution in [0.4, 0.5) is 0 Å². The number of rotatable bonds is 0. The van der Waals surface area contributed by atoms with E-state index in [9.17, 15) is 0 Å². The van der Waals surface area contributed by atoms with Crippen LogP contribution in [0, 0.1) is 0 Å². The van der Waals surface area contributed by atoms with Crippen LogP contribution in [0.25, 0.3) is 0 Å². The summed E-state index contributed by atoms with van der Waals surface area (Å²) in [5.74, 6) is 0. The van der Waals surface area contributed by atoms with Gasteiger partial charge in [0.1, 0.15) is 0 Å². The molecule has 0 unspecified atom stereocenters. The Morgan fingerprint density at radius 1 is 0.375 bits per heavy atom. The van der Waals surface area contributed by atoms with Gasteiger partial charge >= 0.3 is 66.8 Å². The monoisotopic (exact) mass is 378 g/mol. The summed E-state index contributed by atoms with van der Waals surface area (Å²) >= 11 is 0. The average molecular weight is 379 g/mol. The van der Waals surface area contributed by atoms with Crippen LogP contribution in [0.5, 0.6) is 0 Å². The van der Waals surface area contributed by atoms with Crippen molar-refractivity contribution in [1.82, 2.24) is 0 Å². The molecule has 16 heteroatoms. The fourth-order valence-electron chi connectivity index (χ4n) is 0. The molecule has 0 rings (SSSR count). The molecule has 0 saturated carbocycles. The smallest absolute Gasteiger partial charge is 0.907 e. The van der Waals surface area contributed by atoms with Gasteiger partial charge in [-0.2, -0.15) is 0 Å². The van der Waals surface area contributed by atoms with Gasteiger partial charge in [-0.25, -0.2) is 0 Å². The van der Waals surface area contributed by atoms with Crippen LogP contribution < -0.4 is 45.2 Å². The van der Waals surface area contributed by atoms with Crippen molar-refractivity contribution in [3.8, 4) is 0 Å². The quantitative estimate of drug-likeness (QED) is 0.365. The largest absolute Gasteiger partial charge is 3.00 e. The maximum Gasteiger partial charge on any atom is 3.00 e. The molecule has 0 aromatic carbocycles. The molecule has 0 spiro atoms. The molecule has 0 aromatic rings. The zero-order valence-electron chi connectivity index (χ0n) is 6.93. The molecule has 96 valence electrons. The Labute approximate surface area is 133 Å². The third-order valence-corrected chi connectivity index (χ3v) is 0. The molecule has 0 aliphatic heterocycles. The maximum absolute atomic E-state index is 8.42. The molecule has 0 aliphatic rings. The predicted molar refractivity (Wildman–Crippen MR) is 23.0 cm³/mol. The summed E-state index contributed by atoms with van der Waals surface area (Å²) in [4.78, 5) is 0. The first-order valence-electron chi connectivity index (χ1n) is 2.12. The summed E-state index contributed by atoms with van der Waals surface area (Å²) in [6.45, 7) is 0. The Hall–Kier alpha value is 1.85. The second kappa shape index (κ2) is 36.0. The van der Waals surface area contributed by atoms with Gasteiger partial charge in [0.15, 0.2) is 0 Å². The molecule has 0 saturated heterocycles. The third kappa shape index (κ3) is 1020. The first-order chi connectivity index (χ1) is 5.20. The fraction of sp³-hybridized carbons (Fsp3) is 0. The van der Waals surface area contributed by atoms with E-state index in [-0.39, 0.29) is 66.8 Å². The zero-order chi connectivity index (χ0) is 10.7. The van der Waals surface area contributed by atoms with Crippen LogP contribution in [-0.2, 0) is 49.5 Å². The van der Waals surface area contributed by atoms with Gasteiger partial charge in [-0.1, -0.05) is 0 Å². The second-order valence-electron chi connectivity index (χ2n) is 0.866. The summed E-state index contributed by atoms with van der Waals surface area (Å²) in [5, 5.41) is 75.8. The molecule has 0 bridgehead atoms. The van der Waals surface area contributed by atoms with Crippen molar-refractivity contribution >= 4 is 39.3 Å². The van der Waals surface area contributed by atoms with Crippen molar-refractivity contribution < 1.29 is 94.7 Å². The van der Waals surface area contributed by atoms with Crippen molar-refractivity contribution in [3.05, 3.63) is 0 Å². The summed E-state index contributed by atoms with van der Waals surface area (Å²) < 4.78 is 0. The van der Waals surface area contributed by atoms with E-state index in [1.807, 2.05) is 0 Å². The van der Waals surface area contributed by atoms with Gasteiger partial charge in [-0.15, -0.1) is 0 Å². The Morgan fingerprint density at radius 2 is 0.375 bits per heavy atom. The minimum Gasteiger partial charge on any atom is -0.907 e. The minimum atomic E-state index is -2.92. The SMILES string of the molecule is [Al+3].[Ni+2].[Ni+2].[Ni+2].[O-]B([O-])[O-].[O-]B([O-])[O-].[O-]B([O-])[O-]. The van der Waals surface area contributed by atoms with E-state index >= 15 is 0 Å². The average Bonchev–Trinajstić information content (AvgIpc) is 1.54. The number of hydrogen-bond donors (Lipinski definition) is 0. The van der Waals surface area contributed by atoms with E-state index in [0.717, 1.165) is 0 Å². The molecule has 0 fully saturated rings. The standard InChI is InChI=1S/Al.3BO3.3Ni/c;3*2-1(3)4;;;/q+3;3*-3;3*+2. The molecule has 9 nitrogen and oxygen atoms in total. The van der Waals surface area contributed by atoms with E-state index in [1.165, 1.54) is 0 Å². The first kappa shape index (κ1) is 43.1. The van der Waals surface area contributed by atoms with Crippen molar-refractivity contribution in [1.29, 1.82) is 0 Å². The van der Waals surface area contributed by atoms with Gasteiger partial charge in [0.05, 0.1) is 0 Å². The molecular formula is AlB3Ni3O9. The van der Waals surface area contributed by atoms with E-state index in [4.69, 9.17) is 45.2 Å². The predicted octanol–water partition coefficient (Wildman–Crippen LogP) is -12.2. The molecule has 0 atom stereocenters. The Bertz CT molecular complexity index is 54.5. The van der Waals surface area contributed by atoms with Crippen LogP contribution in [0.15, 0.2) is 0 Å². The number of hydrogen-bond acceptors (Lipinski definition) is 9. The van der Waals surface area contributed by atoms with E-state index in [2.05, 4.69) is 0 Å². The molecule has 0 heterocycles. The van der Waals surface area contributed by atoms with Gasteiger partial charge < -0.3 is 45.2 Å². The summed E-state index contributed by atoms with van der Waals surface area (Å²) in [7, 11) is -8.75. The van der Waals surface area contributed by atoms with Crippen molar-refractivity contribution in [2.75, 3.05) is 0 Å². The van der Waals surface area contributed by atoms with Gasteiger partial charge in [0, 0.05) is 0 Å². The molecule has 16 heavy (non-hydrogen) atoms. The fourth-order valence-corrected chi connectivity index (χ4v) is 0. The van der Waals surface area contributed by atoms with Gasteiger partial charge in [-0.3, -0.25) is 22.0 Å². The van der Waals surface area contributed by atoms with Crippen molar-refractivity contribution in [2.45, 2.75) is 0 Å². The molecule has 0 aromatic heterocycles. The molecule has 0 amide bonds. The maximum atomic E-state index is 8.42. The Morgan fingerprint density at radius 3 is 0.375 bits per heavy atom. The molecule has 0 radical (unpaired) electrons. The van der Waals surface area contributed by atoms with Crippen LogP contribution in [0.3, 0.4) is 0 Å². The summed E-state index contributed by atoms with van der Waals surface area (Å²) in [6.07, 6.45) is 0. The topological polar surface area (TPSA) is 208 Å². The van der Waals surface area contributed by atoms with E-state index < -0.39 is 22.0 Å². The summed E-state index contributed by atoms with van der Waals surface area (Å²) in [5.41, 5.74) is 0. The van der Waals surface area contributed by atoms with Gasteiger partial charge in [0.25, 0.3) is 0 Å². The molecule has 0 N–H and O–H groups in total. The van der Waals surface area contributed by atoms with Crippen LogP contribution in [-0.4, -0.2) is 39.3 Å². The Kier molecular flexibility index (Phi) is 96.8. The Balaban J connectivity index is -0.0000000135. The van der Waals surface area contributed by atoms with E-state index in [0.29, 0.717) is 0 Å². The van der Waals surface area contributed by atoms with Gasteiger partial charge in [0.2, 0.25) is 0 Å². The van der Waals surface area contributed by atoms with Crippen molar-refractivity contribution in [3.63, 3.8) is 0 Å². The van der Waals surface area contributed by atoms with Crippen LogP contribution in [0.2, 0.25) is 0 Å². The zero-order valence-corrected chi connectivity index (χ0v) is 11.0. The summed E-state index contributed by atoms with van der Waals surface area (Å²) in [6, 6.07) is 0. The third-order valence-electron chi connectivity index (χ3n) is 0. The molecular weight excluding hydrogens is 379 g/mol. The van der Waals surface area contributed by atoms with E-state index in [1.54, 1.807) is 0 Å². The van der Waals surface area contributed by atoms with Gasteiger partial charge in [-0.05, 0) is 0 Å². The van der Waals surface area contributed by atoms with Crippen molar-refractivity contribution in [2.24, 2.45) is 0 Å².